The van der Waals surface area contributed by atoms with Crippen LogP contribution in [0.4, 0.5) is 0 Å². The first-order valence-corrected chi connectivity index (χ1v) is 7.04. The molecule has 0 heterocycles. The number of ether oxygens (including phenoxy) is 2. The van der Waals surface area contributed by atoms with Gasteiger partial charge in [0.2, 0.25) is 0 Å². The van der Waals surface area contributed by atoms with Gasteiger partial charge in [0.05, 0.1) is 0 Å². The van der Waals surface area contributed by atoms with Crippen molar-refractivity contribution >= 4 is 11.9 Å². The van der Waals surface area contributed by atoms with Gasteiger partial charge >= 0.3 is 11.9 Å². The van der Waals surface area contributed by atoms with Gasteiger partial charge < -0.3 is 9.47 Å². The van der Waals surface area contributed by atoms with E-state index in [1.165, 1.54) is 25.3 Å². The Hall–Kier alpha value is -1.32. The first kappa shape index (κ1) is 14.1. The molecule has 0 aromatic heterocycles. The van der Waals surface area contributed by atoms with Gasteiger partial charge in [-0.15, -0.1) is 0 Å². The molecule has 2 fully saturated rings. The zero-order valence-electron chi connectivity index (χ0n) is 11.7. The average Bonchev–Trinajstić information content (AvgIpc) is 2.66. The normalized spacial score (nSPS) is 31.5. The molecule has 0 aliphatic heterocycles. The molecule has 0 aromatic carbocycles. The highest BCUT2D eigenvalue weighted by Gasteiger charge is 2.42. The van der Waals surface area contributed by atoms with Crippen molar-refractivity contribution in [2.24, 2.45) is 11.8 Å². The molecule has 4 atom stereocenters. The van der Waals surface area contributed by atoms with E-state index in [1.807, 2.05) is 0 Å². The number of esters is 2. The minimum atomic E-state index is -0.826. The van der Waals surface area contributed by atoms with Crippen molar-refractivity contribution in [1.82, 2.24) is 0 Å². The second kappa shape index (κ2) is 5.76. The molecule has 0 saturated heterocycles. The molecule has 4 heteroatoms. The van der Waals surface area contributed by atoms with Crippen LogP contribution in [0, 0.1) is 11.8 Å². The Morgan fingerprint density at radius 2 is 2.00 bits per heavy atom. The molecule has 2 aliphatic carbocycles. The largest absolute Gasteiger partial charge is 0.459 e. The van der Waals surface area contributed by atoms with E-state index in [1.54, 1.807) is 6.92 Å². The summed E-state index contributed by atoms with van der Waals surface area (Å²) in [5.41, 5.74) is 1.21. The third-order valence-corrected chi connectivity index (χ3v) is 4.23. The van der Waals surface area contributed by atoms with Crippen molar-refractivity contribution in [3.63, 3.8) is 0 Å². The molecule has 0 spiro atoms. The van der Waals surface area contributed by atoms with E-state index < -0.39 is 18.0 Å². The van der Waals surface area contributed by atoms with Crippen molar-refractivity contribution in [3.8, 4) is 0 Å². The lowest BCUT2D eigenvalue weighted by Gasteiger charge is -2.29. The number of carbonyl (C=O) groups is 2. The predicted octanol–water partition coefficient (Wildman–Crippen LogP) is 2.62. The first-order valence-electron chi connectivity index (χ1n) is 7.04. The lowest BCUT2D eigenvalue weighted by molar-refractivity contribution is -0.170. The Morgan fingerprint density at radius 3 is 2.68 bits per heavy atom. The van der Waals surface area contributed by atoms with E-state index in [9.17, 15) is 9.59 Å². The van der Waals surface area contributed by atoms with E-state index in [0.29, 0.717) is 11.8 Å². The van der Waals surface area contributed by atoms with Gasteiger partial charge in [-0.1, -0.05) is 25.0 Å². The molecular weight excluding hydrogens is 244 g/mol. The molecule has 4 nitrogen and oxygen atoms in total. The lowest BCUT2D eigenvalue weighted by atomic mass is 9.80. The molecule has 106 valence electrons. The molecule has 0 unspecified atom stereocenters. The highest BCUT2D eigenvalue weighted by Crippen LogP contribution is 2.46. The van der Waals surface area contributed by atoms with Crippen LogP contribution in [0.2, 0.25) is 0 Å². The summed E-state index contributed by atoms with van der Waals surface area (Å²) < 4.78 is 10.4. The van der Waals surface area contributed by atoms with E-state index in [0.717, 1.165) is 19.3 Å². The Morgan fingerprint density at radius 1 is 1.32 bits per heavy atom. The second-order valence-electron chi connectivity index (χ2n) is 5.64. The van der Waals surface area contributed by atoms with Crippen molar-refractivity contribution in [2.45, 2.75) is 58.2 Å². The third kappa shape index (κ3) is 3.17. The van der Waals surface area contributed by atoms with Crippen LogP contribution in [0.5, 0.6) is 0 Å². The Labute approximate surface area is 114 Å². The SMILES string of the molecule is C=C1C[C@@H](OC(=O)[C@H](C)OC(C)=O)[C@@H]2CCCC[C@H]12. The van der Waals surface area contributed by atoms with Gasteiger partial charge in [-0.05, 0) is 25.7 Å². The minimum absolute atomic E-state index is 0.0803. The van der Waals surface area contributed by atoms with Crippen molar-refractivity contribution < 1.29 is 19.1 Å². The monoisotopic (exact) mass is 266 g/mol. The van der Waals surface area contributed by atoms with Crippen LogP contribution in [0.1, 0.15) is 46.0 Å². The highest BCUT2D eigenvalue weighted by atomic mass is 16.6. The lowest BCUT2D eigenvalue weighted by Crippen LogP contribution is -2.33. The summed E-state index contributed by atoms with van der Waals surface area (Å²) in [4.78, 5) is 22.7. The summed E-state index contributed by atoms with van der Waals surface area (Å²) in [6, 6.07) is 0. The highest BCUT2D eigenvalue weighted by molar-refractivity contribution is 5.78. The molecule has 2 saturated carbocycles. The molecule has 19 heavy (non-hydrogen) atoms. The van der Waals surface area contributed by atoms with Crippen LogP contribution >= 0.6 is 0 Å². The molecule has 0 aromatic rings. The van der Waals surface area contributed by atoms with Gasteiger partial charge in [0, 0.05) is 19.3 Å². The maximum atomic E-state index is 11.9. The van der Waals surface area contributed by atoms with Crippen LogP contribution in [0.3, 0.4) is 0 Å². The molecule has 0 amide bonds. The van der Waals surface area contributed by atoms with Crippen molar-refractivity contribution in [3.05, 3.63) is 12.2 Å². The van der Waals surface area contributed by atoms with Gasteiger partial charge in [0.15, 0.2) is 6.10 Å². The fraction of sp³-hybridized carbons (Fsp3) is 0.733. The van der Waals surface area contributed by atoms with E-state index in [4.69, 9.17) is 9.47 Å². The van der Waals surface area contributed by atoms with E-state index in [-0.39, 0.29) is 6.10 Å². The van der Waals surface area contributed by atoms with Gasteiger partial charge in [-0.3, -0.25) is 4.79 Å². The summed E-state index contributed by atoms with van der Waals surface area (Å²) >= 11 is 0. The maximum Gasteiger partial charge on any atom is 0.347 e. The smallest absolute Gasteiger partial charge is 0.347 e. The zero-order valence-corrected chi connectivity index (χ0v) is 11.7. The minimum Gasteiger partial charge on any atom is -0.459 e. The first-order chi connectivity index (χ1) is 8.99. The van der Waals surface area contributed by atoms with Gasteiger partial charge in [-0.25, -0.2) is 4.79 Å². The second-order valence-corrected chi connectivity index (χ2v) is 5.64. The van der Waals surface area contributed by atoms with Gasteiger partial charge in [0.1, 0.15) is 6.10 Å². The third-order valence-electron chi connectivity index (χ3n) is 4.23. The predicted molar refractivity (Wildman–Crippen MR) is 70.3 cm³/mol. The van der Waals surface area contributed by atoms with Crippen molar-refractivity contribution in [2.75, 3.05) is 0 Å². The summed E-state index contributed by atoms with van der Waals surface area (Å²) in [6.07, 6.45) is 4.55. The maximum absolute atomic E-state index is 11.9. The van der Waals surface area contributed by atoms with Gasteiger partial charge in [0.25, 0.3) is 0 Å². The molecule has 2 rings (SSSR count). The van der Waals surface area contributed by atoms with Crippen LogP contribution in [-0.4, -0.2) is 24.1 Å². The number of hydrogen-bond acceptors (Lipinski definition) is 4. The van der Waals surface area contributed by atoms with Crippen LogP contribution in [0.15, 0.2) is 12.2 Å². The Balaban J connectivity index is 1.93. The summed E-state index contributed by atoms with van der Waals surface area (Å²) in [6.45, 7) is 6.95. The molecule has 0 bridgehead atoms. The zero-order chi connectivity index (χ0) is 14.0. The summed E-state index contributed by atoms with van der Waals surface area (Å²) in [7, 11) is 0. The van der Waals surface area contributed by atoms with E-state index >= 15 is 0 Å². The van der Waals surface area contributed by atoms with Crippen LogP contribution in [0.25, 0.3) is 0 Å². The molecular formula is C15H22O4. The molecule has 2 aliphatic rings. The van der Waals surface area contributed by atoms with E-state index in [2.05, 4.69) is 6.58 Å². The molecule has 0 N–H and O–H groups in total. The average molecular weight is 266 g/mol. The Kier molecular flexibility index (Phi) is 4.27. The Bertz CT molecular complexity index is 388. The number of hydrogen-bond donors (Lipinski definition) is 0. The topological polar surface area (TPSA) is 52.6 Å². The summed E-state index contributed by atoms with van der Waals surface area (Å²) in [5, 5.41) is 0. The fourth-order valence-corrected chi connectivity index (χ4v) is 3.34. The number of fused-ring (bicyclic) bond motifs is 1. The number of rotatable bonds is 3. The molecule has 0 radical (unpaired) electrons. The van der Waals surface area contributed by atoms with Gasteiger partial charge in [-0.2, -0.15) is 0 Å². The quantitative estimate of drug-likeness (QED) is 0.582. The number of carbonyl (C=O) groups excluding carboxylic acids is 2. The standard InChI is InChI=1S/C15H22O4/c1-9-8-14(13-7-5-4-6-12(9)13)19-15(17)10(2)18-11(3)16/h10,12-14H,1,4-8H2,2-3H3/t10-,12+,13+,14+/m0/s1. The fourth-order valence-electron chi connectivity index (χ4n) is 3.34. The summed E-state index contributed by atoms with van der Waals surface area (Å²) in [5.74, 6) is 0.0142. The van der Waals surface area contributed by atoms with Crippen molar-refractivity contribution in [1.29, 1.82) is 0 Å². The van der Waals surface area contributed by atoms with Crippen LogP contribution < -0.4 is 0 Å². The van der Waals surface area contributed by atoms with Crippen LogP contribution in [-0.2, 0) is 19.1 Å².